The van der Waals surface area contributed by atoms with Crippen molar-refractivity contribution in [2.24, 2.45) is 0 Å². The number of nitrogens with one attached hydrogen (secondary N) is 1. The predicted octanol–water partition coefficient (Wildman–Crippen LogP) is 0.637. The predicted molar refractivity (Wildman–Crippen MR) is 33.8 cm³/mol. The SMILES string of the molecule is CC(C)(O)c1ccn[nH]1. The first-order chi connectivity index (χ1) is 4.11. The molecule has 0 aliphatic heterocycles. The van der Waals surface area contributed by atoms with E-state index in [1.165, 1.54) is 0 Å². The number of hydrogen-bond donors (Lipinski definition) is 2. The fourth-order valence-electron chi connectivity index (χ4n) is 0.597. The normalized spacial score (nSPS) is 11.9. The molecule has 1 heterocycles. The summed E-state index contributed by atoms with van der Waals surface area (Å²) in [6, 6.07) is 1.75. The Kier molecular flexibility index (Phi) is 1.29. The maximum Gasteiger partial charge on any atom is 0.100 e. The fraction of sp³-hybridized carbons (Fsp3) is 0.500. The molecule has 1 aromatic rings. The first-order valence-corrected chi connectivity index (χ1v) is 2.83. The van der Waals surface area contributed by atoms with Crippen LogP contribution in [-0.4, -0.2) is 15.3 Å². The van der Waals surface area contributed by atoms with Crippen molar-refractivity contribution in [1.29, 1.82) is 0 Å². The molecule has 0 saturated carbocycles. The molecule has 3 heteroatoms. The van der Waals surface area contributed by atoms with Crippen LogP contribution in [0.1, 0.15) is 19.5 Å². The first-order valence-electron chi connectivity index (χ1n) is 2.83. The Morgan fingerprint density at radius 3 is 2.56 bits per heavy atom. The summed E-state index contributed by atoms with van der Waals surface area (Å²) in [5.41, 5.74) is -0.0567. The summed E-state index contributed by atoms with van der Waals surface area (Å²) in [4.78, 5) is 0. The van der Waals surface area contributed by atoms with Gasteiger partial charge in [-0.1, -0.05) is 0 Å². The zero-order valence-electron chi connectivity index (χ0n) is 5.55. The van der Waals surface area contributed by atoms with Crippen molar-refractivity contribution in [1.82, 2.24) is 10.2 Å². The van der Waals surface area contributed by atoms with Gasteiger partial charge in [-0.05, 0) is 19.9 Å². The molecule has 0 aliphatic carbocycles. The number of rotatable bonds is 1. The molecule has 0 amide bonds. The summed E-state index contributed by atoms with van der Waals surface area (Å²) >= 11 is 0. The first kappa shape index (κ1) is 6.29. The molecule has 0 aromatic carbocycles. The van der Waals surface area contributed by atoms with E-state index in [9.17, 15) is 5.11 Å². The van der Waals surface area contributed by atoms with Crippen LogP contribution in [0.4, 0.5) is 0 Å². The van der Waals surface area contributed by atoms with Gasteiger partial charge in [-0.3, -0.25) is 5.10 Å². The minimum atomic E-state index is -0.795. The van der Waals surface area contributed by atoms with E-state index in [0.717, 1.165) is 5.69 Å². The van der Waals surface area contributed by atoms with Crippen molar-refractivity contribution >= 4 is 0 Å². The summed E-state index contributed by atoms with van der Waals surface area (Å²) in [7, 11) is 0. The molecule has 2 N–H and O–H groups in total. The van der Waals surface area contributed by atoms with E-state index < -0.39 is 5.60 Å². The van der Waals surface area contributed by atoms with Gasteiger partial charge in [-0.2, -0.15) is 5.10 Å². The van der Waals surface area contributed by atoms with Gasteiger partial charge in [0.15, 0.2) is 0 Å². The van der Waals surface area contributed by atoms with Gasteiger partial charge in [0.05, 0.1) is 5.69 Å². The number of H-pyrrole nitrogens is 1. The molecule has 0 atom stereocenters. The van der Waals surface area contributed by atoms with Crippen LogP contribution in [0.2, 0.25) is 0 Å². The van der Waals surface area contributed by atoms with Gasteiger partial charge in [0.25, 0.3) is 0 Å². The van der Waals surface area contributed by atoms with Gasteiger partial charge in [0.1, 0.15) is 5.60 Å². The van der Waals surface area contributed by atoms with Crippen molar-refractivity contribution < 1.29 is 5.11 Å². The van der Waals surface area contributed by atoms with Crippen LogP contribution in [0.15, 0.2) is 12.3 Å². The van der Waals surface area contributed by atoms with Crippen LogP contribution < -0.4 is 0 Å². The van der Waals surface area contributed by atoms with E-state index in [0.29, 0.717) is 0 Å². The summed E-state index contributed by atoms with van der Waals surface area (Å²) in [5.74, 6) is 0. The third-order valence-corrected chi connectivity index (χ3v) is 1.16. The highest BCUT2D eigenvalue weighted by atomic mass is 16.3. The van der Waals surface area contributed by atoms with Crippen molar-refractivity contribution in [2.45, 2.75) is 19.4 Å². The zero-order chi connectivity index (χ0) is 6.91. The van der Waals surface area contributed by atoms with Crippen molar-refractivity contribution in [3.63, 3.8) is 0 Å². The number of hydrogen-bond acceptors (Lipinski definition) is 2. The summed E-state index contributed by atoms with van der Waals surface area (Å²) in [6.07, 6.45) is 1.62. The molecule has 1 rings (SSSR count). The highest BCUT2D eigenvalue weighted by molar-refractivity contribution is 5.05. The number of aromatic nitrogens is 2. The smallest absolute Gasteiger partial charge is 0.100 e. The van der Waals surface area contributed by atoms with Crippen molar-refractivity contribution in [2.75, 3.05) is 0 Å². The second kappa shape index (κ2) is 1.84. The molecule has 0 bridgehead atoms. The lowest BCUT2D eigenvalue weighted by atomic mass is 10.1. The Hall–Kier alpha value is -0.830. The maximum atomic E-state index is 9.31. The minimum absolute atomic E-state index is 0.738. The molecule has 1 aromatic heterocycles. The molecule has 9 heavy (non-hydrogen) atoms. The molecule has 3 nitrogen and oxygen atoms in total. The molecular formula is C6H10N2O. The second-order valence-corrected chi connectivity index (χ2v) is 2.53. The Bertz CT molecular complexity index is 173. The van der Waals surface area contributed by atoms with E-state index in [1.807, 2.05) is 0 Å². The van der Waals surface area contributed by atoms with E-state index in [2.05, 4.69) is 10.2 Å². The van der Waals surface area contributed by atoms with Gasteiger partial charge in [-0.15, -0.1) is 0 Å². The number of aliphatic hydroxyl groups is 1. The van der Waals surface area contributed by atoms with Crippen LogP contribution in [0.25, 0.3) is 0 Å². The Morgan fingerprint density at radius 1 is 1.67 bits per heavy atom. The highest BCUT2D eigenvalue weighted by Gasteiger charge is 2.16. The minimum Gasteiger partial charge on any atom is -0.384 e. The molecule has 0 unspecified atom stereocenters. The lowest BCUT2D eigenvalue weighted by molar-refractivity contribution is 0.0738. The van der Waals surface area contributed by atoms with Crippen LogP contribution in [0, 0.1) is 0 Å². The van der Waals surface area contributed by atoms with Crippen molar-refractivity contribution in [3.05, 3.63) is 18.0 Å². The largest absolute Gasteiger partial charge is 0.384 e. The quantitative estimate of drug-likeness (QED) is 0.580. The summed E-state index contributed by atoms with van der Waals surface area (Å²) in [5, 5.41) is 15.7. The lowest BCUT2D eigenvalue weighted by Crippen LogP contribution is -2.15. The van der Waals surface area contributed by atoms with E-state index in [-0.39, 0.29) is 0 Å². The summed E-state index contributed by atoms with van der Waals surface area (Å²) in [6.45, 7) is 3.42. The molecule has 0 fully saturated rings. The van der Waals surface area contributed by atoms with E-state index in [1.54, 1.807) is 26.1 Å². The Labute approximate surface area is 53.7 Å². The zero-order valence-corrected chi connectivity index (χ0v) is 5.55. The Balaban J connectivity index is 2.90. The maximum absolute atomic E-state index is 9.31. The van der Waals surface area contributed by atoms with Crippen LogP contribution >= 0.6 is 0 Å². The molecule has 0 saturated heterocycles. The van der Waals surface area contributed by atoms with Gasteiger partial charge in [-0.25, -0.2) is 0 Å². The fourth-order valence-corrected chi connectivity index (χ4v) is 0.597. The average molecular weight is 126 g/mol. The molecule has 0 aliphatic rings. The van der Waals surface area contributed by atoms with E-state index >= 15 is 0 Å². The van der Waals surface area contributed by atoms with Gasteiger partial charge >= 0.3 is 0 Å². The molecular weight excluding hydrogens is 116 g/mol. The molecule has 0 spiro atoms. The standard InChI is InChI=1S/C6H10N2O/c1-6(2,9)5-3-4-7-8-5/h3-4,9H,1-2H3,(H,7,8). The number of aromatic amines is 1. The lowest BCUT2D eigenvalue weighted by Gasteiger charge is -2.13. The average Bonchev–Trinajstić information content (AvgIpc) is 2.08. The molecule has 50 valence electrons. The van der Waals surface area contributed by atoms with Crippen molar-refractivity contribution in [3.8, 4) is 0 Å². The van der Waals surface area contributed by atoms with Gasteiger partial charge in [0, 0.05) is 6.20 Å². The van der Waals surface area contributed by atoms with Crippen LogP contribution in [0.5, 0.6) is 0 Å². The van der Waals surface area contributed by atoms with Crippen LogP contribution in [0.3, 0.4) is 0 Å². The highest BCUT2D eigenvalue weighted by Crippen LogP contribution is 2.14. The third-order valence-electron chi connectivity index (χ3n) is 1.16. The number of nitrogens with zero attached hydrogens (tertiary/aromatic N) is 1. The second-order valence-electron chi connectivity index (χ2n) is 2.53. The monoisotopic (exact) mass is 126 g/mol. The third kappa shape index (κ3) is 1.29. The topological polar surface area (TPSA) is 48.9 Å². The van der Waals surface area contributed by atoms with E-state index in [4.69, 9.17) is 0 Å². The van der Waals surface area contributed by atoms with Gasteiger partial charge < -0.3 is 5.11 Å². The van der Waals surface area contributed by atoms with Gasteiger partial charge in [0.2, 0.25) is 0 Å². The van der Waals surface area contributed by atoms with Crippen LogP contribution in [-0.2, 0) is 5.60 Å². The molecule has 0 radical (unpaired) electrons. The Morgan fingerprint density at radius 2 is 2.33 bits per heavy atom. The summed E-state index contributed by atoms with van der Waals surface area (Å²) < 4.78 is 0.